The summed E-state index contributed by atoms with van der Waals surface area (Å²) in [6.45, 7) is 3.92. The predicted octanol–water partition coefficient (Wildman–Crippen LogP) is 2.74. The normalized spacial score (nSPS) is 11.1. The summed E-state index contributed by atoms with van der Waals surface area (Å²) in [7, 11) is 0. The van der Waals surface area contributed by atoms with Gasteiger partial charge in [-0.1, -0.05) is 13.0 Å². The first-order chi connectivity index (χ1) is 9.19. The molecule has 2 aromatic heterocycles. The number of fused-ring (bicyclic) bond motifs is 1. The zero-order valence-corrected chi connectivity index (χ0v) is 10.8. The Kier molecular flexibility index (Phi) is 2.67. The molecule has 5 heteroatoms. The number of nitrogen functional groups attached to an aromatic ring is 1. The molecule has 19 heavy (non-hydrogen) atoms. The maximum absolute atomic E-state index is 5.90. The van der Waals surface area contributed by atoms with Crippen molar-refractivity contribution in [2.45, 2.75) is 20.3 Å². The van der Waals surface area contributed by atoms with Gasteiger partial charge in [0.2, 0.25) is 5.89 Å². The van der Waals surface area contributed by atoms with Crippen LogP contribution in [0.25, 0.3) is 22.6 Å². The van der Waals surface area contributed by atoms with Crippen LogP contribution in [0.2, 0.25) is 0 Å². The number of nitrogens with two attached hydrogens (primary N) is 1. The van der Waals surface area contributed by atoms with E-state index in [9.17, 15) is 0 Å². The molecule has 0 aliphatic heterocycles. The van der Waals surface area contributed by atoms with E-state index in [1.165, 1.54) is 0 Å². The number of anilines is 1. The Morgan fingerprint density at radius 2 is 2.11 bits per heavy atom. The SMILES string of the molecule is CCc1nnc(C)cc1-c1nc2c(N)cccc2o1. The highest BCUT2D eigenvalue weighted by molar-refractivity contribution is 5.87. The zero-order valence-electron chi connectivity index (χ0n) is 10.8. The van der Waals surface area contributed by atoms with E-state index in [2.05, 4.69) is 15.2 Å². The molecule has 3 aromatic rings. The molecule has 0 radical (unpaired) electrons. The first-order valence-corrected chi connectivity index (χ1v) is 6.17. The summed E-state index contributed by atoms with van der Waals surface area (Å²) in [4.78, 5) is 4.47. The van der Waals surface area contributed by atoms with Crippen LogP contribution in [0.4, 0.5) is 5.69 Å². The maximum Gasteiger partial charge on any atom is 0.229 e. The Morgan fingerprint density at radius 3 is 2.84 bits per heavy atom. The number of aryl methyl sites for hydroxylation is 2. The highest BCUT2D eigenvalue weighted by atomic mass is 16.3. The molecule has 0 atom stereocenters. The Balaban J connectivity index is 2.24. The first-order valence-electron chi connectivity index (χ1n) is 6.17. The van der Waals surface area contributed by atoms with Crippen LogP contribution in [0.15, 0.2) is 28.7 Å². The second-order valence-corrected chi connectivity index (χ2v) is 4.41. The van der Waals surface area contributed by atoms with Crippen molar-refractivity contribution in [1.82, 2.24) is 15.2 Å². The highest BCUT2D eigenvalue weighted by Crippen LogP contribution is 2.29. The number of para-hydroxylation sites is 1. The number of oxazole rings is 1. The molecule has 0 bridgehead atoms. The molecule has 3 rings (SSSR count). The molecule has 0 fully saturated rings. The largest absolute Gasteiger partial charge is 0.436 e. The lowest BCUT2D eigenvalue weighted by Gasteiger charge is -2.02. The van der Waals surface area contributed by atoms with Crippen molar-refractivity contribution in [3.8, 4) is 11.5 Å². The predicted molar refractivity (Wildman–Crippen MR) is 73.6 cm³/mol. The fourth-order valence-electron chi connectivity index (χ4n) is 2.05. The average Bonchev–Trinajstić information content (AvgIpc) is 2.84. The molecule has 0 amide bonds. The van der Waals surface area contributed by atoms with Crippen molar-refractivity contribution in [3.63, 3.8) is 0 Å². The van der Waals surface area contributed by atoms with E-state index in [1.54, 1.807) is 0 Å². The van der Waals surface area contributed by atoms with E-state index >= 15 is 0 Å². The van der Waals surface area contributed by atoms with Gasteiger partial charge in [-0.15, -0.1) is 0 Å². The van der Waals surface area contributed by atoms with Gasteiger partial charge in [0.25, 0.3) is 0 Å². The summed E-state index contributed by atoms with van der Waals surface area (Å²) in [6, 6.07) is 7.46. The quantitative estimate of drug-likeness (QED) is 0.711. The van der Waals surface area contributed by atoms with Crippen molar-refractivity contribution >= 4 is 16.8 Å². The van der Waals surface area contributed by atoms with Crippen molar-refractivity contribution in [2.24, 2.45) is 0 Å². The van der Waals surface area contributed by atoms with Gasteiger partial charge >= 0.3 is 0 Å². The number of hydrogen-bond acceptors (Lipinski definition) is 5. The standard InChI is InChI=1S/C14H14N4O/c1-3-11-9(7-8(2)17-18-11)14-16-13-10(15)5-4-6-12(13)19-14/h4-7H,3,15H2,1-2H3. The Morgan fingerprint density at radius 1 is 1.26 bits per heavy atom. The van der Waals surface area contributed by atoms with Crippen LogP contribution in [0.1, 0.15) is 18.3 Å². The molecule has 2 N–H and O–H groups in total. The minimum absolute atomic E-state index is 0.544. The number of benzene rings is 1. The van der Waals surface area contributed by atoms with E-state index in [-0.39, 0.29) is 0 Å². The van der Waals surface area contributed by atoms with Gasteiger partial charge in [-0.05, 0) is 31.5 Å². The van der Waals surface area contributed by atoms with Gasteiger partial charge in [0.15, 0.2) is 5.58 Å². The molecule has 0 spiro atoms. The second kappa shape index (κ2) is 4.35. The van der Waals surface area contributed by atoms with E-state index in [4.69, 9.17) is 10.2 Å². The summed E-state index contributed by atoms with van der Waals surface area (Å²) in [5.74, 6) is 0.544. The van der Waals surface area contributed by atoms with Gasteiger partial charge in [0.05, 0.1) is 22.6 Å². The Hall–Kier alpha value is -2.43. The van der Waals surface area contributed by atoms with Gasteiger partial charge in [0.1, 0.15) is 5.52 Å². The summed E-state index contributed by atoms with van der Waals surface area (Å²) in [6.07, 6.45) is 0.775. The molecular formula is C14H14N4O. The average molecular weight is 254 g/mol. The van der Waals surface area contributed by atoms with Crippen molar-refractivity contribution < 1.29 is 4.42 Å². The fraction of sp³-hybridized carbons (Fsp3) is 0.214. The lowest BCUT2D eigenvalue weighted by molar-refractivity contribution is 0.617. The summed E-state index contributed by atoms with van der Waals surface area (Å²) in [5, 5.41) is 8.25. The lowest BCUT2D eigenvalue weighted by Crippen LogP contribution is -1.97. The van der Waals surface area contributed by atoms with Crippen molar-refractivity contribution in [2.75, 3.05) is 5.73 Å². The van der Waals surface area contributed by atoms with Crippen LogP contribution in [0, 0.1) is 6.92 Å². The molecule has 0 saturated carbocycles. The monoisotopic (exact) mass is 254 g/mol. The molecule has 0 saturated heterocycles. The molecule has 0 aliphatic carbocycles. The molecule has 0 aliphatic rings. The maximum atomic E-state index is 5.90. The van der Waals surface area contributed by atoms with Gasteiger partial charge < -0.3 is 10.2 Å². The number of aromatic nitrogens is 3. The molecule has 2 heterocycles. The molecule has 1 aromatic carbocycles. The minimum Gasteiger partial charge on any atom is -0.436 e. The van der Waals surface area contributed by atoms with E-state index in [1.807, 2.05) is 38.1 Å². The van der Waals surface area contributed by atoms with Crippen LogP contribution >= 0.6 is 0 Å². The smallest absolute Gasteiger partial charge is 0.229 e. The third kappa shape index (κ3) is 1.93. The number of nitrogens with zero attached hydrogens (tertiary/aromatic N) is 3. The topological polar surface area (TPSA) is 77.8 Å². The third-order valence-corrected chi connectivity index (χ3v) is 3.01. The summed E-state index contributed by atoms with van der Waals surface area (Å²) >= 11 is 0. The van der Waals surface area contributed by atoms with Gasteiger partial charge in [-0.25, -0.2) is 4.98 Å². The highest BCUT2D eigenvalue weighted by Gasteiger charge is 2.14. The van der Waals surface area contributed by atoms with Crippen LogP contribution in [-0.4, -0.2) is 15.2 Å². The van der Waals surface area contributed by atoms with Crippen LogP contribution in [0.5, 0.6) is 0 Å². The fourth-order valence-corrected chi connectivity index (χ4v) is 2.05. The van der Waals surface area contributed by atoms with Gasteiger partial charge in [0, 0.05) is 0 Å². The van der Waals surface area contributed by atoms with Gasteiger partial charge in [-0.3, -0.25) is 0 Å². The second-order valence-electron chi connectivity index (χ2n) is 4.41. The number of hydrogen-bond donors (Lipinski definition) is 1. The number of rotatable bonds is 2. The van der Waals surface area contributed by atoms with Crippen LogP contribution in [0.3, 0.4) is 0 Å². The zero-order chi connectivity index (χ0) is 13.4. The molecular weight excluding hydrogens is 240 g/mol. The molecule has 0 unspecified atom stereocenters. The summed E-state index contributed by atoms with van der Waals surface area (Å²) in [5.41, 5.74) is 10.5. The van der Waals surface area contributed by atoms with Crippen molar-refractivity contribution in [3.05, 3.63) is 35.7 Å². The van der Waals surface area contributed by atoms with Crippen LogP contribution in [-0.2, 0) is 6.42 Å². The third-order valence-electron chi connectivity index (χ3n) is 3.01. The molecule has 5 nitrogen and oxygen atoms in total. The van der Waals surface area contributed by atoms with E-state index < -0.39 is 0 Å². The Bertz CT molecular complexity index is 748. The first kappa shape index (κ1) is 11.6. The Labute approximate surface area is 110 Å². The summed E-state index contributed by atoms with van der Waals surface area (Å²) < 4.78 is 5.77. The minimum atomic E-state index is 0.544. The van der Waals surface area contributed by atoms with Gasteiger partial charge in [-0.2, -0.15) is 10.2 Å². The molecule has 96 valence electrons. The van der Waals surface area contributed by atoms with E-state index in [0.29, 0.717) is 22.7 Å². The lowest BCUT2D eigenvalue weighted by atomic mass is 10.1. The van der Waals surface area contributed by atoms with E-state index in [0.717, 1.165) is 23.4 Å². The van der Waals surface area contributed by atoms with Crippen molar-refractivity contribution in [1.29, 1.82) is 0 Å². The van der Waals surface area contributed by atoms with Crippen LogP contribution < -0.4 is 5.73 Å².